The van der Waals surface area contributed by atoms with Gasteiger partial charge in [-0.3, -0.25) is 14.6 Å². The van der Waals surface area contributed by atoms with Gasteiger partial charge in [-0.05, 0) is 38.8 Å². The molecule has 0 aromatic rings. The summed E-state index contributed by atoms with van der Waals surface area (Å²) >= 11 is 0. The number of β-amino-alcohol motifs (C(OH)–C–C–N with tert-alkyl or cyclic N) is 1. The first-order chi connectivity index (χ1) is 10.2. The van der Waals surface area contributed by atoms with E-state index in [0.717, 1.165) is 52.1 Å². The zero-order chi connectivity index (χ0) is 15.1. The molecule has 2 saturated heterocycles. The quantitative estimate of drug-likeness (QED) is 0.697. The second-order valence-electron chi connectivity index (χ2n) is 6.18. The van der Waals surface area contributed by atoms with Crippen molar-refractivity contribution < 1.29 is 9.90 Å². The number of aliphatic hydroxyl groups excluding tert-OH is 1. The third-order valence-corrected chi connectivity index (χ3v) is 4.46. The van der Waals surface area contributed by atoms with Crippen LogP contribution >= 0.6 is 0 Å². The van der Waals surface area contributed by atoms with E-state index in [1.54, 1.807) is 0 Å². The van der Waals surface area contributed by atoms with Gasteiger partial charge in [-0.15, -0.1) is 6.58 Å². The van der Waals surface area contributed by atoms with Crippen molar-refractivity contribution in [2.45, 2.75) is 31.8 Å². The van der Waals surface area contributed by atoms with Crippen molar-refractivity contribution in [3.05, 3.63) is 12.7 Å². The van der Waals surface area contributed by atoms with Crippen LogP contribution < -0.4 is 0 Å². The molecule has 2 fully saturated rings. The number of carbonyl (C=O) groups is 1. The van der Waals surface area contributed by atoms with E-state index in [9.17, 15) is 9.90 Å². The molecule has 5 heteroatoms. The normalized spacial score (nSPS) is 22.4. The Kier molecular flexibility index (Phi) is 6.67. The van der Waals surface area contributed by atoms with Crippen molar-refractivity contribution in [2.24, 2.45) is 0 Å². The first-order valence-corrected chi connectivity index (χ1v) is 8.20. The summed E-state index contributed by atoms with van der Waals surface area (Å²) in [5.41, 5.74) is 0. The van der Waals surface area contributed by atoms with Crippen molar-refractivity contribution in [2.75, 3.05) is 52.4 Å². The number of allylic oxidation sites excluding steroid dienone is 1. The molecular weight excluding hydrogens is 266 g/mol. The Hall–Kier alpha value is -0.910. The fourth-order valence-electron chi connectivity index (χ4n) is 3.11. The molecule has 0 bridgehead atoms. The van der Waals surface area contributed by atoms with Crippen LogP contribution in [0.15, 0.2) is 12.7 Å². The molecule has 2 aliphatic heterocycles. The Balaban J connectivity index is 1.65. The number of hydrogen-bond donors (Lipinski definition) is 1. The number of carbonyl (C=O) groups excluding carboxylic acids is 1. The molecule has 1 unspecified atom stereocenters. The monoisotopic (exact) mass is 295 g/mol. The summed E-state index contributed by atoms with van der Waals surface area (Å²) < 4.78 is 0. The van der Waals surface area contributed by atoms with Crippen LogP contribution in [0, 0.1) is 0 Å². The largest absolute Gasteiger partial charge is 0.392 e. The van der Waals surface area contributed by atoms with Crippen molar-refractivity contribution in [1.29, 1.82) is 0 Å². The van der Waals surface area contributed by atoms with Gasteiger partial charge in [0.2, 0.25) is 5.91 Å². The van der Waals surface area contributed by atoms with Crippen LogP contribution in [0.25, 0.3) is 0 Å². The van der Waals surface area contributed by atoms with Gasteiger partial charge in [0.1, 0.15) is 0 Å². The van der Waals surface area contributed by atoms with Crippen LogP contribution in [0.1, 0.15) is 25.7 Å². The molecule has 5 nitrogen and oxygen atoms in total. The molecule has 0 radical (unpaired) electrons. The van der Waals surface area contributed by atoms with Crippen molar-refractivity contribution in [3.8, 4) is 0 Å². The van der Waals surface area contributed by atoms with Crippen LogP contribution in [0.5, 0.6) is 0 Å². The average molecular weight is 295 g/mol. The number of amides is 1. The number of hydrogen-bond acceptors (Lipinski definition) is 4. The second kappa shape index (κ2) is 8.51. The van der Waals surface area contributed by atoms with Gasteiger partial charge in [0.05, 0.1) is 12.6 Å². The Morgan fingerprint density at radius 1 is 1.10 bits per heavy atom. The molecule has 2 heterocycles. The van der Waals surface area contributed by atoms with E-state index in [-0.39, 0.29) is 12.0 Å². The molecular formula is C16H29N3O2. The number of aliphatic hydroxyl groups is 1. The molecule has 1 atom stereocenters. The molecule has 0 aromatic heterocycles. The van der Waals surface area contributed by atoms with E-state index in [1.807, 2.05) is 11.0 Å². The number of rotatable bonds is 7. The minimum atomic E-state index is -0.283. The highest BCUT2D eigenvalue weighted by atomic mass is 16.3. The molecule has 0 spiro atoms. The fraction of sp³-hybridized carbons (Fsp3) is 0.812. The van der Waals surface area contributed by atoms with Gasteiger partial charge < -0.3 is 10.0 Å². The predicted octanol–water partition coefficient (Wildman–Crippen LogP) is 0.554. The van der Waals surface area contributed by atoms with Crippen LogP contribution in [0.3, 0.4) is 0 Å². The summed E-state index contributed by atoms with van der Waals surface area (Å²) in [6, 6.07) is 0. The topological polar surface area (TPSA) is 47.0 Å². The summed E-state index contributed by atoms with van der Waals surface area (Å²) in [5, 5.41) is 9.92. The molecule has 2 aliphatic rings. The minimum Gasteiger partial charge on any atom is -0.392 e. The number of piperazine rings is 1. The van der Waals surface area contributed by atoms with E-state index in [4.69, 9.17) is 0 Å². The van der Waals surface area contributed by atoms with Gasteiger partial charge in [-0.25, -0.2) is 0 Å². The third-order valence-electron chi connectivity index (χ3n) is 4.46. The first kappa shape index (κ1) is 16.5. The van der Waals surface area contributed by atoms with Crippen LogP contribution in [0.4, 0.5) is 0 Å². The van der Waals surface area contributed by atoms with E-state index in [1.165, 1.54) is 12.8 Å². The van der Waals surface area contributed by atoms with Gasteiger partial charge in [0.15, 0.2) is 0 Å². The molecule has 1 amide bonds. The number of likely N-dealkylation sites (tertiary alicyclic amines) is 1. The molecule has 0 aliphatic carbocycles. The smallest absolute Gasteiger partial charge is 0.236 e. The molecule has 0 aromatic carbocycles. The summed E-state index contributed by atoms with van der Waals surface area (Å²) in [4.78, 5) is 18.7. The lowest BCUT2D eigenvalue weighted by atomic mass is 10.1. The fourth-order valence-corrected chi connectivity index (χ4v) is 3.11. The van der Waals surface area contributed by atoms with Gasteiger partial charge in [0, 0.05) is 32.7 Å². The highest BCUT2D eigenvalue weighted by Gasteiger charge is 2.24. The predicted molar refractivity (Wildman–Crippen MR) is 84.1 cm³/mol. The Labute approximate surface area is 128 Å². The highest BCUT2D eigenvalue weighted by molar-refractivity contribution is 5.78. The lowest BCUT2D eigenvalue weighted by Crippen LogP contribution is -2.52. The van der Waals surface area contributed by atoms with E-state index in [2.05, 4.69) is 16.4 Å². The standard InChI is InChI=1S/C16H29N3O2/c1-2-3-6-15(20)13-18-9-11-19(12-10-18)16(21)14-17-7-4-5-8-17/h2,15,20H,1,3-14H2. The molecule has 0 saturated carbocycles. The Morgan fingerprint density at radius 2 is 1.76 bits per heavy atom. The van der Waals surface area contributed by atoms with Crippen molar-refractivity contribution in [3.63, 3.8) is 0 Å². The molecule has 120 valence electrons. The zero-order valence-corrected chi connectivity index (χ0v) is 13.0. The zero-order valence-electron chi connectivity index (χ0n) is 13.0. The molecule has 21 heavy (non-hydrogen) atoms. The van der Waals surface area contributed by atoms with Gasteiger partial charge in [-0.1, -0.05) is 6.08 Å². The molecule has 1 N–H and O–H groups in total. The molecule has 2 rings (SSSR count). The van der Waals surface area contributed by atoms with Crippen LogP contribution in [-0.2, 0) is 4.79 Å². The number of nitrogens with zero attached hydrogens (tertiary/aromatic N) is 3. The summed E-state index contributed by atoms with van der Waals surface area (Å²) in [7, 11) is 0. The average Bonchev–Trinajstić information content (AvgIpc) is 2.98. The van der Waals surface area contributed by atoms with Gasteiger partial charge in [-0.2, -0.15) is 0 Å². The Bertz CT molecular complexity index is 334. The van der Waals surface area contributed by atoms with Crippen LogP contribution in [-0.4, -0.2) is 84.2 Å². The van der Waals surface area contributed by atoms with Crippen molar-refractivity contribution in [1.82, 2.24) is 14.7 Å². The maximum atomic E-state index is 12.2. The van der Waals surface area contributed by atoms with E-state index >= 15 is 0 Å². The summed E-state index contributed by atoms with van der Waals surface area (Å²) in [6.45, 7) is 10.4. The third kappa shape index (κ3) is 5.41. The van der Waals surface area contributed by atoms with Gasteiger partial charge >= 0.3 is 0 Å². The van der Waals surface area contributed by atoms with Crippen LogP contribution in [0.2, 0.25) is 0 Å². The first-order valence-electron chi connectivity index (χ1n) is 8.20. The SMILES string of the molecule is C=CCCC(O)CN1CCN(C(=O)CN2CCCC2)CC1. The lowest BCUT2D eigenvalue weighted by Gasteiger charge is -2.36. The van der Waals surface area contributed by atoms with Crippen molar-refractivity contribution >= 4 is 5.91 Å². The summed E-state index contributed by atoms with van der Waals surface area (Å²) in [5.74, 6) is 0.267. The van der Waals surface area contributed by atoms with E-state index in [0.29, 0.717) is 13.1 Å². The maximum absolute atomic E-state index is 12.2. The summed E-state index contributed by atoms with van der Waals surface area (Å²) in [6.07, 6.45) is 5.65. The highest BCUT2D eigenvalue weighted by Crippen LogP contribution is 2.10. The Morgan fingerprint density at radius 3 is 2.38 bits per heavy atom. The second-order valence-corrected chi connectivity index (χ2v) is 6.18. The van der Waals surface area contributed by atoms with Gasteiger partial charge in [0.25, 0.3) is 0 Å². The maximum Gasteiger partial charge on any atom is 0.236 e. The van der Waals surface area contributed by atoms with E-state index < -0.39 is 0 Å². The minimum absolute atomic E-state index is 0.267. The lowest BCUT2D eigenvalue weighted by molar-refractivity contribution is -0.134.